The SMILES string of the molecule is C.C.C.C.C.CB(C)C.CSc1nncc(=O)[nH]1.Cc1cnnc(N)n1.N.Nc1nncc(=O)[nH]1. The van der Waals surface area contributed by atoms with Crippen LogP contribution in [-0.4, -0.2) is 58.5 Å². The van der Waals surface area contributed by atoms with Crippen molar-refractivity contribution in [3.8, 4) is 0 Å². The van der Waals surface area contributed by atoms with Gasteiger partial charge < -0.3 is 17.6 Å². The predicted molar refractivity (Wildman–Crippen MR) is 152 cm³/mol. The molecule has 204 valence electrons. The Labute approximate surface area is 214 Å². The highest BCUT2D eigenvalue weighted by atomic mass is 32.2. The number of nitrogens with two attached hydrogens (primary N) is 2. The second kappa shape index (κ2) is 28.6. The van der Waals surface area contributed by atoms with Crippen LogP contribution in [0.15, 0.2) is 33.3 Å². The lowest BCUT2D eigenvalue weighted by atomic mass is 9.58. The van der Waals surface area contributed by atoms with Crippen LogP contribution in [0.25, 0.3) is 0 Å². The second-order valence-corrected chi connectivity index (χ2v) is 6.55. The van der Waals surface area contributed by atoms with E-state index in [0.717, 1.165) is 24.8 Å². The minimum atomic E-state index is -0.336. The molecule has 9 N–H and O–H groups in total. The maximum Gasteiger partial charge on any atom is 0.271 e. The zero-order chi connectivity index (χ0) is 22.2. The van der Waals surface area contributed by atoms with Gasteiger partial charge in [0.15, 0.2) is 5.16 Å². The summed E-state index contributed by atoms with van der Waals surface area (Å²) in [5.41, 5.74) is 10.4. The van der Waals surface area contributed by atoms with Crippen molar-refractivity contribution >= 4 is 30.4 Å². The van der Waals surface area contributed by atoms with E-state index >= 15 is 0 Å². The third kappa shape index (κ3) is 30.6. The molecule has 0 spiro atoms. The second-order valence-electron chi connectivity index (χ2n) is 5.75. The molecule has 0 saturated carbocycles. The molecule has 35 heavy (non-hydrogen) atoms. The summed E-state index contributed by atoms with van der Waals surface area (Å²) in [7, 11) is 0. The molecule has 3 aromatic heterocycles. The molecule has 3 aromatic rings. The van der Waals surface area contributed by atoms with Crippen LogP contribution >= 0.6 is 11.8 Å². The van der Waals surface area contributed by atoms with E-state index in [1.54, 1.807) is 6.20 Å². The Bertz CT molecular complexity index is 937. The van der Waals surface area contributed by atoms with Crippen molar-refractivity contribution in [2.45, 2.75) is 69.7 Å². The number of anilines is 2. The zero-order valence-corrected chi connectivity index (χ0v) is 18.3. The van der Waals surface area contributed by atoms with Crippen LogP contribution in [-0.2, 0) is 0 Å². The van der Waals surface area contributed by atoms with E-state index in [1.807, 2.05) is 13.2 Å². The lowest BCUT2D eigenvalue weighted by Gasteiger charge is -1.87. The smallest absolute Gasteiger partial charge is 0.271 e. The molecule has 0 saturated heterocycles. The van der Waals surface area contributed by atoms with Gasteiger partial charge in [-0.25, -0.2) is 4.98 Å². The maximum atomic E-state index is 10.5. The van der Waals surface area contributed by atoms with Crippen molar-refractivity contribution in [2.75, 3.05) is 17.7 Å². The van der Waals surface area contributed by atoms with Gasteiger partial charge in [-0.3, -0.25) is 19.6 Å². The van der Waals surface area contributed by atoms with E-state index in [2.05, 4.69) is 66.0 Å². The van der Waals surface area contributed by atoms with Crippen LogP contribution < -0.4 is 28.7 Å². The first-order valence-electron chi connectivity index (χ1n) is 8.19. The van der Waals surface area contributed by atoms with Gasteiger partial charge in [0, 0.05) is 0 Å². The number of nitrogens with one attached hydrogen (secondary N) is 2. The van der Waals surface area contributed by atoms with E-state index in [0.29, 0.717) is 5.16 Å². The Morgan fingerprint density at radius 2 is 1.23 bits per heavy atom. The molecule has 14 nitrogen and oxygen atoms in total. The van der Waals surface area contributed by atoms with E-state index in [-0.39, 0.29) is 66.3 Å². The highest BCUT2D eigenvalue weighted by Crippen LogP contribution is 2.00. The average Bonchev–Trinajstić information content (AvgIpc) is 2.62. The van der Waals surface area contributed by atoms with Crippen LogP contribution in [0.5, 0.6) is 0 Å². The summed E-state index contributed by atoms with van der Waals surface area (Å²) >= 11 is 1.35. The fourth-order valence-corrected chi connectivity index (χ4v) is 1.45. The molecule has 0 aromatic carbocycles. The van der Waals surface area contributed by atoms with Crippen LogP contribution in [0.3, 0.4) is 0 Å². The van der Waals surface area contributed by atoms with Crippen LogP contribution in [0, 0.1) is 6.92 Å². The van der Waals surface area contributed by atoms with E-state index in [9.17, 15) is 9.59 Å². The topological polar surface area (TPSA) is 243 Å². The predicted octanol–water partition coefficient (Wildman–Crippen LogP) is 3.11. The van der Waals surface area contributed by atoms with Crippen LogP contribution in [0.1, 0.15) is 42.8 Å². The Balaban J connectivity index is -0.0000000580. The molecular formula is C19H47BN12O2S. The molecule has 0 bridgehead atoms. The van der Waals surface area contributed by atoms with Gasteiger partial charge in [0.1, 0.15) is 19.1 Å². The fraction of sp³-hybridized carbons (Fsp3) is 0.526. The first-order chi connectivity index (χ1) is 13.6. The molecule has 0 aliphatic heterocycles. The van der Waals surface area contributed by atoms with Crippen molar-refractivity contribution < 1.29 is 0 Å². The number of aromatic amines is 2. The van der Waals surface area contributed by atoms with Crippen molar-refractivity contribution in [1.29, 1.82) is 0 Å². The number of thioether (sulfide) groups is 1. The largest absolute Gasteiger partial charge is 0.368 e. The molecule has 0 aliphatic rings. The molecule has 3 heterocycles. The summed E-state index contributed by atoms with van der Waals surface area (Å²) in [6.07, 6.45) is 5.56. The number of nitrogens with zero attached hydrogens (tertiary/aromatic N) is 7. The molecule has 0 fully saturated rings. The van der Waals surface area contributed by atoms with Crippen molar-refractivity contribution in [2.24, 2.45) is 0 Å². The molecule has 0 unspecified atom stereocenters. The number of hydrogen-bond acceptors (Lipinski definition) is 13. The van der Waals surface area contributed by atoms with Gasteiger partial charge in [-0.05, 0) is 13.2 Å². The number of aryl methyl sites for hydroxylation is 1. The summed E-state index contributed by atoms with van der Waals surface area (Å²) in [6.45, 7) is 9.14. The van der Waals surface area contributed by atoms with Gasteiger partial charge in [0.05, 0.1) is 11.9 Å². The van der Waals surface area contributed by atoms with Crippen molar-refractivity contribution in [3.05, 3.63) is 45.0 Å². The zero-order valence-electron chi connectivity index (χ0n) is 17.5. The monoisotopic (exact) mass is 518 g/mol. The van der Waals surface area contributed by atoms with Gasteiger partial charge in [-0.1, -0.05) is 69.4 Å². The highest BCUT2D eigenvalue weighted by Gasteiger charge is 1.89. The van der Waals surface area contributed by atoms with Gasteiger partial charge in [0.2, 0.25) is 11.9 Å². The summed E-state index contributed by atoms with van der Waals surface area (Å²) in [5.74, 6) is 0.266. The van der Waals surface area contributed by atoms with E-state index in [4.69, 9.17) is 11.5 Å². The minimum Gasteiger partial charge on any atom is -0.368 e. The highest BCUT2D eigenvalue weighted by molar-refractivity contribution is 7.98. The average molecular weight is 519 g/mol. The van der Waals surface area contributed by atoms with Gasteiger partial charge in [-0.2, -0.15) is 10.2 Å². The third-order valence-electron chi connectivity index (χ3n) is 2.03. The first kappa shape index (κ1) is 48.9. The molecule has 0 atom stereocenters. The van der Waals surface area contributed by atoms with Gasteiger partial charge in [0.25, 0.3) is 11.1 Å². The Hall–Kier alpha value is -3.40. The van der Waals surface area contributed by atoms with E-state index < -0.39 is 0 Å². The Morgan fingerprint density at radius 3 is 1.49 bits per heavy atom. The molecule has 0 radical (unpaired) electrons. The number of rotatable bonds is 1. The number of aromatic nitrogens is 9. The molecule has 0 amide bonds. The first-order valence-corrected chi connectivity index (χ1v) is 9.41. The maximum absolute atomic E-state index is 10.5. The quantitative estimate of drug-likeness (QED) is 0.230. The minimum absolute atomic E-state index is 0. The van der Waals surface area contributed by atoms with E-state index in [1.165, 1.54) is 11.8 Å². The number of H-pyrrole nitrogens is 2. The van der Waals surface area contributed by atoms with Crippen molar-refractivity contribution in [3.63, 3.8) is 0 Å². The third-order valence-corrected chi connectivity index (χ3v) is 2.60. The summed E-state index contributed by atoms with van der Waals surface area (Å²) < 4.78 is 0. The van der Waals surface area contributed by atoms with Crippen LogP contribution in [0.2, 0.25) is 20.5 Å². The summed E-state index contributed by atoms with van der Waals surface area (Å²) in [4.78, 5) is 29.2. The standard InChI is InChI=1S/C4H6N4.C4H5N3OS.C3H9B.C3H4N4O.5CH4.H3N/c1-3-2-6-8-4(5)7-3;1-9-4-6-3(8)2-5-7-4;1-4(2)3;4-3-6-2(8)1-5-7-3;;;;;;/h2H,1H3,(H2,5,7,8);2H,1H3,(H,6,7,8);1-3H3;1H,(H3,4,6,7,8);5*1H4;1H3. The van der Waals surface area contributed by atoms with Gasteiger partial charge >= 0.3 is 0 Å². The molecule has 16 heteroatoms. The fourth-order valence-electron chi connectivity index (χ4n) is 1.12. The lowest BCUT2D eigenvalue weighted by Crippen LogP contribution is -2.10. The Kier molecular flexibility index (Phi) is 40.0. The van der Waals surface area contributed by atoms with Crippen molar-refractivity contribution in [1.82, 2.24) is 51.7 Å². The summed E-state index contributed by atoms with van der Waals surface area (Å²) in [5, 5.41) is 21.2. The molecule has 3 rings (SSSR count). The number of hydrogen-bond donors (Lipinski definition) is 5. The Morgan fingerprint density at radius 1 is 0.800 bits per heavy atom. The normalized spacial score (nSPS) is 7.34. The molecule has 0 aliphatic carbocycles. The summed E-state index contributed by atoms with van der Waals surface area (Å²) in [6, 6.07) is 0. The lowest BCUT2D eigenvalue weighted by molar-refractivity contribution is 0.819. The molecular weight excluding hydrogens is 471 g/mol. The van der Waals surface area contributed by atoms with Crippen LogP contribution in [0.4, 0.5) is 11.9 Å². The van der Waals surface area contributed by atoms with Gasteiger partial charge in [-0.15, -0.1) is 20.4 Å². The number of nitrogen functional groups attached to an aromatic ring is 2.